The second-order valence-corrected chi connectivity index (χ2v) is 15.5. The molecular weight excluding hydrogens is 770 g/mol. The number of pyridine rings is 1. The van der Waals surface area contributed by atoms with E-state index in [1.54, 1.807) is 36.5 Å². The fourth-order valence-electron chi connectivity index (χ4n) is 8.56. The summed E-state index contributed by atoms with van der Waals surface area (Å²) in [6.07, 6.45) is 4.50. The van der Waals surface area contributed by atoms with E-state index < -0.39 is 29.7 Å². The lowest BCUT2D eigenvalue weighted by Crippen LogP contribution is -2.54. The second kappa shape index (κ2) is 16.5. The van der Waals surface area contributed by atoms with Crippen molar-refractivity contribution < 1.29 is 28.4 Å². The van der Waals surface area contributed by atoms with E-state index in [0.29, 0.717) is 57.0 Å². The van der Waals surface area contributed by atoms with E-state index in [1.165, 1.54) is 6.07 Å². The molecule has 7 heterocycles. The zero-order valence-electron chi connectivity index (χ0n) is 32.8. The van der Waals surface area contributed by atoms with Gasteiger partial charge < -0.3 is 20.4 Å². The second-order valence-electron chi connectivity index (χ2n) is 15.5. The first-order valence-electron chi connectivity index (χ1n) is 20.4. The van der Waals surface area contributed by atoms with Gasteiger partial charge in [0.1, 0.15) is 29.2 Å². The summed E-state index contributed by atoms with van der Waals surface area (Å²) < 4.78 is 15.9. The molecule has 2 atom stereocenters. The van der Waals surface area contributed by atoms with Crippen molar-refractivity contribution in [2.24, 2.45) is 0 Å². The van der Waals surface area contributed by atoms with Crippen LogP contribution < -0.4 is 25.8 Å². The molecule has 0 radical (unpaired) electrons. The van der Waals surface area contributed by atoms with Crippen LogP contribution in [0.2, 0.25) is 0 Å². The molecule has 0 saturated carbocycles. The Morgan fingerprint density at radius 3 is 2.50 bits per heavy atom. The highest BCUT2D eigenvalue weighted by atomic mass is 19.1. The number of nitrogens with zero attached hydrogens (tertiary/aromatic N) is 8. The fourth-order valence-corrected chi connectivity index (χ4v) is 8.56. The minimum absolute atomic E-state index is 0.0449. The fraction of sp³-hybridized carbons (Fsp3) is 0.349. The van der Waals surface area contributed by atoms with Gasteiger partial charge in [-0.2, -0.15) is 0 Å². The van der Waals surface area contributed by atoms with Crippen molar-refractivity contribution in [3.8, 4) is 11.4 Å². The number of carbonyl (C=O) groups excluding carboxylic acids is 5. The Kier molecular flexibility index (Phi) is 10.6. The maximum atomic E-state index is 14.1. The van der Waals surface area contributed by atoms with Crippen LogP contribution in [0.1, 0.15) is 64.4 Å². The van der Waals surface area contributed by atoms with Gasteiger partial charge in [0, 0.05) is 57.9 Å². The molecule has 0 bridgehead atoms. The SMILES string of the molecule is O=C(CN1CCN(c2cccc(-c3cnc4ccc(N5CCC[C@@H]5c5cccc(F)c5)nn34)n2)CC1)NCCCNc1ccc2c(c1)C(=O)N(C1CCC(=O)NC1=O)C2=O. The van der Waals surface area contributed by atoms with Crippen molar-refractivity contribution in [1.82, 2.24) is 40.0 Å². The summed E-state index contributed by atoms with van der Waals surface area (Å²) in [6.45, 7) is 4.90. The zero-order chi connectivity index (χ0) is 41.3. The van der Waals surface area contributed by atoms with E-state index in [0.717, 1.165) is 52.9 Å². The average molecular weight is 814 g/mol. The van der Waals surface area contributed by atoms with Crippen molar-refractivity contribution in [3.05, 3.63) is 102 Å². The summed E-state index contributed by atoms with van der Waals surface area (Å²) in [4.78, 5) is 79.9. The largest absolute Gasteiger partial charge is 0.385 e. The van der Waals surface area contributed by atoms with Gasteiger partial charge in [-0.1, -0.05) is 18.2 Å². The number of imide groups is 2. The van der Waals surface area contributed by atoms with E-state index in [2.05, 4.69) is 35.6 Å². The monoisotopic (exact) mass is 813 g/mol. The number of carbonyl (C=O) groups is 5. The maximum absolute atomic E-state index is 14.1. The number of piperidine rings is 1. The lowest BCUT2D eigenvalue weighted by Gasteiger charge is -2.35. The van der Waals surface area contributed by atoms with E-state index in [4.69, 9.17) is 10.1 Å². The van der Waals surface area contributed by atoms with Crippen molar-refractivity contribution in [2.75, 3.05) is 67.5 Å². The highest BCUT2D eigenvalue weighted by Gasteiger charge is 2.44. The molecule has 308 valence electrons. The summed E-state index contributed by atoms with van der Waals surface area (Å²) in [7, 11) is 0. The number of amides is 5. The number of imidazole rings is 1. The summed E-state index contributed by atoms with van der Waals surface area (Å²) in [5.74, 6) is -0.826. The Hall–Kier alpha value is -6.75. The van der Waals surface area contributed by atoms with Gasteiger partial charge in [0.05, 0.1) is 35.6 Å². The topological polar surface area (TPSA) is 177 Å². The first-order chi connectivity index (χ1) is 29.2. The minimum Gasteiger partial charge on any atom is -0.385 e. The van der Waals surface area contributed by atoms with Crippen LogP contribution in [0.25, 0.3) is 17.0 Å². The Labute approximate surface area is 344 Å². The molecule has 16 nitrogen and oxygen atoms in total. The standard InChI is InChI=1S/C43H44FN11O5/c44-28-6-1-5-27(23-28)33-8-3-18-53(33)38-14-13-36-47-25-35(55(36)50-38)32-7-2-9-37(48-32)52-21-19-51(20-22-52)26-40(57)46-17-4-16-45-29-10-11-30-31(24-29)43(60)54(42(30)59)34-12-15-39(56)49-41(34)58/h1-2,5-7,9-11,13-14,23-25,33-34,45H,3-4,8,12,15-22,26H2,(H,46,57)(H,49,56,58)/t33-,34?/m1/s1. The van der Waals surface area contributed by atoms with Crippen LogP contribution in [0.15, 0.2) is 79.0 Å². The van der Waals surface area contributed by atoms with Gasteiger partial charge >= 0.3 is 0 Å². The van der Waals surface area contributed by atoms with E-state index in [1.807, 2.05) is 40.9 Å². The van der Waals surface area contributed by atoms with E-state index in [-0.39, 0.29) is 48.3 Å². The molecule has 3 saturated heterocycles. The van der Waals surface area contributed by atoms with Crippen molar-refractivity contribution >= 4 is 52.5 Å². The Morgan fingerprint density at radius 2 is 1.67 bits per heavy atom. The van der Waals surface area contributed by atoms with Gasteiger partial charge in [-0.3, -0.25) is 39.1 Å². The predicted molar refractivity (Wildman–Crippen MR) is 220 cm³/mol. The van der Waals surface area contributed by atoms with Crippen molar-refractivity contribution in [3.63, 3.8) is 0 Å². The number of halogens is 1. The summed E-state index contributed by atoms with van der Waals surface area (Å²) in [5, 5.41) is 13.4. The molecule has 3 fully saturated rings. The van der Waals surface area contributed by atoms with Crippen molar-refractivity contribution in [2.45, 2.75) is 44.2 Å². The third-order valence-corrected chi connectivity index (χ3v) is 11.6. The molecule has 60 heavy (non-hydrogen) atoms. The molecule has 2 aromatic carbocycles. The molecular formula is C43H44FN11O5. The number of nitrogens with one attached hydrogen (secondary N) is 3. The third-order valence-electron chi connectivity index (χ3n) is 11.6. The Bertz CT molecular complexity index is 2500. The van der Waals surface area contributed by atoms with E-state index >= 15 is 0 Å². The number of fused-ring (bicyclic) bond motifs is 2. The highest BCUT2D eigenvalue weighted by molar-refractivity contribution is 6.23. The number of hydrogen-bond acceptors (Lipinski definition) is 12. The van der Waals surface area contributed by atoms with Crippen LogP contribution in [-0.2, 0) is 14.4 Å². The first-order valence-corrected chi connectivity index (χ1v) is 20.4. The molecule has 4 aliphatic rings. The summed E-state index contributed by atoms with van der Waals surface area (Å²) >= 11 is 0. The molecule has 9 rings (SSSR count). The summed E-state index contributed by atoms with van der Waals surface area (Å²) in [5.41, 5.74) is 4.25. The quantitative estimate of drug-likeness (QED) is 0.124. The molecule has 0 spiro atoms. The first kappa shape index (κ1) is 38.8. The van der Waals surface area contributed by atoms with Crippen molar-refractivity contribution in [1.29, 1.82) is 0 Å². The van der Waals surface area contributed by atoms with Gasteiger partial charge in [-0.25, -0.2) is 18.9 Å². The molecule has 1 unspecified atom stereocenters. The Morgan fingerprint density at radius 1 is 0.833 bits per heavy atom. The average Bonchev–Trinajstić information content (AvgIpc) is 3.98. The van der Waals surface area contributed by atoms with E-state index in [9.17, 15) is 28.4 Å². The number of anilines is 3. The van der Waals surface area contributed by atoms with Crippen LogP contribution >= 0.6 is 0 Å². The number of hydrogen-bond donors (Lipinski definition) is 3. The van der Waals surface area contributed by atoms with Crippen LogP contribution in [0.4, 0.5) is 21.7 Å². The van der Waals surface area contributed by atoms with Crippen LogP contribution in [0, 0.1) is 5.82 Å². The molecule has 0 aliphatic carbocycles. The molecule has 3 N–H and O–H groups in total. The highest BCUT2D eigenvalue weighted by Crippen LogP contribution is 2.36. The Balaban J connectivity index is 0.739. The zero-order valence-corrected chi connectivity index (χ0v) is 32.8. The lowest BCUT2D eigenvalue weighted by atomic mass is 10.0. The number of benzene rings is 2. The van der Waals surface area contributed by atoms with Crippen LogP contribution in [-0.4, -0.2) is 117 Å². The smallest absolute Gasteiger partial charge is 0.262 e. The number of piperazine rings is 1. The molecule has 3 aromatic heterocycles. The lowest BCUT2D eigenvalue weighted by molar-refractivity contribution is -0.136. The normalized spacial score (nSPS) is 19.6. The number of aromatic nitrogens is 4. The minimum atomic E-state index is -1.01. The summed E-state index contributed by atoms with van der Waals surface area (Å²) in [6, 6.07) is 20.6. The number of rotatable bonds is 12. The molecule has 5 aromatic rings. The van der Waals surface area contributed by atoms with Gasteiger partial charge in [0.25, 0.3) is 11.8 Å². The predicted octanol–water partition coefficient (Wildman–Crippen LogP) is 3.41. The molecule has 5 amide bonds. The van der Waals surface area contributed by atoms with Gasteiger partial charge in [-0.05, 0) is 85.8 Å². The van der Waals surface area contributed by atoms with Gasteiger partial charge in [-0.15, -0.1) is 5.10 Å². The van der Waals surface area contributed by atoms with Crippen LogP contribution in [0.3, 0.4) is 0 Å². The molecule has 17 heteroatoms. The molecule has 4 aliphatic heterocycles. The van der Waals surface area contributed by atoms with Gasteiger partial charge in [0.2, 0.25) is 17.7 Å². The van der Waals surface area contributed by atoms with Gasteiger partial charge in [0.15, 0.2) is 5.65 Å². The maximum Gasteiger partial charge on any atom is 0.262 e. The van der Waals surface area contributed by atoms with Crippen LogP contribution in [0.5, 0.6) is 0 Å². The third kappa shape index (κ3) is 7.75.